The van der Waals surface area contributed by atoms with Crippen molar-refractivity contribution >= 4 is 0 Å². The van der Waals surface area contributed by atoms with Crippen molar-refractivity contribution in [2.75, 3.05) is 20.1 Å². The fraction of sp³-hybridized carbons (Fsp3) is 0.923. The zero-order valence-electron chi connectivity index (χ0n) is 11.3. The lowest BCUT2D eigenvalue weighted by atomic mass is 9.98. The molecule has 0 aromatic carbocycles. The molecule has 0 bridgehead atoms. The van der Waals surface area contributed by atoms with Gasteiger partial charge in [0, 0.05) is 6.54 Å². The first kappa shape index (κ1) is 15.4. The second-order valence-electron chi connectivity index (χ2n) is 5.26. The molecule has 0 aliphatic heterocycles. The van der Waals surface area contributed by atoms with E-state index in [1.807, 2.05) is 0 Å². The van der Waals surface area contributed by atoms with Crippen molar-refractivity contribution in [1.82, 2.24) is 4.90 Å². The fourth-order valence-electron chi connectivity index (χ4n) is 1.68. The Bertz CT molecular complexity index is 218. The molecule has 3 heteroatoms. The molecule has 94 valence electrons. The van der Waals surface area contributed by atoms with Gasteiger partial charge in [0.25, 0.3) is 0 Å². The van der Waals surface area contributed by atoms with Crippen LogP contribution in [-0.4, -0.2) is 30.6 Å². The maximum atomic E-state index is 8.77. The normalized spacial score (nSPS) is 16.8. The second kappa shape index (κ2) is 7.65. The van der Waals surface area contributed by atoms with Gasteiger partial charge in [-0.1, -0.05) is 20.3 Å². The fourth-order valence-corrected chi connectivity index (χ4v) is 1.68. The molecule has 0 aliphatic rings. The third-order valence-electron chi connectivity index (χ3n) is 3.06. The summed E-state index contributed by atoms with van der Waals surface area (Å²) in [7, 11) is 2.16. The van der Waals surface area contributed by atoms with Gasteiger partial charge in [-0.2, -0.15) is 5.26 Å². The Morgan fingerprint density at radius 2 is 2.06 bits per heavy atom. The molecule has 0 amide bonds. The summed E-state index contributed by atoms with van der Waals surface area (Å²) in [4.78, 5) is 2.37. The molecule has 2 atom stereocenters. The highest BCUT2D eigenvalue weighted by molar-refractivity contribution is 5.00. The number of rotatable bonds is 8. The van der Waals surface area contributed by atoms with E-state index in [4.69, 9.17) is 11.0 Å². The molecule has 0 radical (unpaired) electrons. The maximum Gasteiger partial charge on any atom is 0.101 e. The molecule has 0 aliphatic carbocycles. The largest absolute Gasteiger partial charge is 0.314 e. The van der Waals surface area contributed by atoms with Crippen LogP contribution in [0.3, 0.4) is 0 Å². The number of nitriles is 1. The van der Waals surface area contributed by atoms with E-state index in [0.29, 0.717) is 0 Å². The molecule has 0 fully saturated rings. The van der Waals surface area contributed by atoms with E-state index in [1.54, 1.807) is 6.92 Å². The second-order valence-corrected chi connectivity index (χ2v) is 5.26. The van der Waals surface area contributed by atoms with Gasteiger partial charge in [0.15, 0.2) is 0 Å². The Labute approximate surface area is 101 Å². The number of nitrogens with zero attached hydrogens (tertiary/aromatic N) is 2. The van der Waals surface area contributed by atoms with Gasteiger partial charge in [-0.25, -0.2) is 0 Å². The highest BCUT2D eigenvalue weighted by Crippen LogP contribution is 2.10. The SMILES string of the molecule is CCC(C)CN(C)CCCCC(C)(N)C#N. The topological polar surface area (TPSA) is 53.0 Å². The van der Waals surface area contributed by atoms with Crippen LogP contribution in [0.15, 0.2) is 0 Å². The highest BCUT2D eigenvalue weighted by Gasteiger charge is 2.16. The summed E-state index contributed by atoms with van der Waals surface area (Å²) in [5, 5.41) is 8.77. The molecule has 0 aromatic heterocycles. The molecular formula is C13H27N3. The van der Waals surface area contributed by atoms with Crippen molar-refractivity contribution < 1.29 is 0 Å². The van der Waals surface area contributed by atoms with Gasteiger partial charge in [-0.15, -0.1) is 0 Å². The highest BCUT2D eigenvalue weighted by atomic mass is 15.1. The van der Waals surface area contributed by atoms with Crippen molar-refractivity contribution in [3.63, 3.8) is 0 Å². The summed E-state index contributed by atoms with van der Waals surface area (Å²) >= 11 is 0. The van der Waals surface area contributed by atoms with Crippen molar-refractivity contribution in [1.29, 1.82) is 5.26 Å². The average Bonchev–Trinajstić information content (AvgIpc) is 2.24. The van der Waals surface area contributed by atoms with Crippen LogP contribution in [-0.2, 0) is 0 Å². The summed E-state index contributed by atoms with van der Waals surface area (Å²) in [5.41, 5.74) is 5.12. The Kier molecular flexibility index (Phi) is 7.36. The average molecular weight is 225 g/mol. The monoisotopic (exact) mass is 225 g/mol. The number of nitrogens with two attached hydrogens (primary N) is 1. The van der Waals surface area contributed by atoms with E-state index in [9.17, 15) is 0 Å². The van der Waals surface area contributed by atoms with E-state index >= 15 is 0 Å². The van der Waals surface area contributed by atoms with Crippen molar-refractivity contribution in [3.05, 3.63) is 0 Å². The van der Waals surface area contributed by atoms with Crippen LogP contribution < -0.4 is 5.73 Å². The van der Waals surface area contributed by atoms with Gasteiger partial charge in [-0.05, 0) is 45.7 Å². The standard InChI is InChI=1S/C13H27N3/c1-5-12(2)10-16(4)9-7-6-8-13(3,15)11-14/h12H,5-10,15H2,1-4H3. The predicted octanol–water partition coefficient (Wildman–Crippen LogP) is 2.38. The molecule has 3 nitrogen and oxygen atoms in total. The van der Waals surface area contributed by atoms with Crippen LogP contribution in [0.2, 0.25) is 0 Å². The van der Waals surface area contributed by atoms with Gasteiger partial charge in [0.2, 0.25) is 0 Å². The van der Waals surface area contributed by atoms with Crippen molar-refractivity contribution in [2.24, 2.45) is 11.7 Å². The number of hydrogen-bond donors (Lipinski definition) is 1. The van der Waals surface area contributed by atoms with Gasteiger partial charge < -0.3 is 10.6 Å². The van der Waals surface area contributed by atoms with Gasteiger partial charge in [0.1, 0.15) is 5.54 Å². The molecule has 0 aromatic rings. The molecule has 0 saturated heterocycles. The predicted molar refractivity (Wildman–Crippen MR) is 69.0 cm³/mol. The van der Waals surface area contributed by atoms with E-state index in [1.165, 1.54) is 6.42 Å². The van der Waals surface area contributed by atoms with Crippen molar-refractivity contribution in [2.45, 2.75) is 52.0 Å². The quantitative estimate of drug-likeness (QED) is 0.645. The molecule has 2 N–H and O–H groups in total. The van der Waals surface area contributed by atoms with E-state index in [2.05, 4.69) is 31.9 Å². The summed E-state index contributed by atoms with van der Waals surface area (Å²) < 4.78 is 0. The zero-order valence-corrected chi connectivity index (χ0v) is 11.3. The van der Waals surface area contributed by atoms with Gasteiger partial charge >= 0.3 is 0 Å². The lowest BCUT2D eigenvalue weighted by molar-refractivity contribution is 0.274. The Morgan fingerprint density at radius 3 is 2.56 bits per heavy atom. The number of unbranched alkanes of at least 4 members (excludes halogenated alkanes) is 1. The summed E-state index contributed by atoms with van der Waals surface area (Å²) in [6, 6.07) is 2.13. The first-order chi connectivity index (χ1) is 7.41. The zero-order chi connectivity index (χ0) is 12.6. The molecule has 16 heavy (non-hydrogen) atoms. The van der Waals surface area contributed by atoms with Crippen LogP contribution in [0.4, 0.5) is 0 Å². The van der Waals surface area contributed by atoms with Gasteiger partial charge in [-0.3, -0.25) is 0 Å². The molecule has 2 unspecified atom stereocenters. The Balaban J connectivity index is 3.56. The van der Waals surface area contributed by atoms with Crippen LogP contribution in [0, 0.1) is 17.2 Å². The minimum atomic E-state index is -0.644. The molecule has 0 rings (SSSR count). The molecular weight excluding hydrogens is 198 g/mol. The van der Waals surface area contributed by atoms with Gasteiger partial charge in [0.05, 0.1) is 6.07 Å². The Morgan fingerprint density at radius 1 is 1.44 bits per heavy atom. The van der Waals surface area contributed by atoms with E-state index < -0.39 is 5.54 Å². The lowest BCUT2D eigenvalue weighted by Crippen LogP contribution is -2.34. The van der Waals surface area contributed by atoms with Crippen LogP contribution in [0.25, 0.3) is 0 Å². The third kappa shape index (κ3) is 7.67. The van der Waals surface area contributed by atoms with Crippen molar-refractivity contribution in [3.8, 4) is 6.07 Å². The molecule has 0 spiro atoms. The molecule has 0 saturated carbocycles. The first-order valence-electron chi connectivity index (χ1n) is 6.30. The summed E-state index contributed by atoms with van der Waals surface area (Å²) in [5.74, 6) is 0.767. The lowest BCUT2D eigenvalue weighted by Gasteiger charge is -2.21. The maximum absolute atomic E-state index is 8.77. The minimum Gasteiger partial charge on any atom is -0.314 e. The first-order valence-corrected chi connectivity index (χ1v) is 6.30. The van der Waals surface area contributed by atoms with E-state index in [-0.39, 0.29) is 0 Å². The summed E-state index contributed by atoms with van der Waals surface area (Å²) in [6.45, 7) is 8.57. The van der Waals surface area contributed by atoms with Crippen LogP contribution in [0.1, 0.15) is 46.5 Å². The Hall–Kier alpha value is -0.590. The molecule has 0 heterocycles. The number of hydrogen-bond acceptors (Lipinski definition) is 3. The van der Waals surface area contributed by atoms with E-state index in [0.717, 1.165) is 38.3 Å². The smallest absolute Gasteiger partial charge is 0.101 e. The van der Waals surface area contributed by atoms with Crippen LogP contribution >= 0.6 is 0 Å². The van der Waals surface area contributed by atoms with Crippen LogP contribution in [0.5, 0.6) is 0 Å². The summed E-state index contributed by atoms with van der Waals surface area (Å²) in [6.07, 6.45) is 4.19. The third-order valence-corrected chi connectivity index (χ3v) is 3.06. The minimum absolute atomic E-state index is 0.644.